The largest absolute Gasteiger partial charge is 0.306 e. The number of nitrogens with zero attached hydrogens (tertiary/aromatic N) is 5. The first kappa shape index (κ1) is 18.5. The average molecular weight is 411 g/mol. The summed E-state index contributed by atoms with van der Waals surface area (Å²) in [5.74, 6) is 0.269. The molecular formula is C22H17N7O2. The Balaban J connectivity index is 1.60. The van der Waals surface area contributed by atoms with Crippen LogP contribution in [0.2, 0.25) is 0 Å². The number of aromatic amines is 1. The van der Waals surface area contributed by atoms with E-state index in [0.717, 1.165) is 5.69 Å². The maximum atomic E-state index is 12.7. The lowest BCUT2D eigenvalue weighted by Gasteiger charge is -2.09. The van der Waals surface area contributed by atoms with Gasteiger partial charge >= 0.3 is 0 Å². The molecule has 2 aromatic carbocycles. The molecule has 0 bridgehead atoms. The van der Waals surface area contributed by atoms with Gasteiger partial charge in [-0.05, 0) is 31.2 Å². The second-order valence-electron chi connectivity index (χ2n) is 6.92. The summed E-state index contributed by atoms with van der Waals surface area (Å²) in [5.41, 5.74) is 1.97. The van der Waals surface area contributed by atoms with E-state index < -0.39 is 0 Å². The minimum Gasteiger partial charge on any atom is -0.306 e. The van der Waals surface area contributed by atoms with Crippen LogP contribution < -0.4 is 10.9 Å². The van der Waals surface area contributed by atoms with Gasteiger partial charge in [-0.25, -0.2) is 4.68 Å². The van der Waals surface area contributed by atoms with Gasteiger partial charge in [-0.15, -0.1) is 0 Å². The summed E-state index contributed by atoms with van der Waals surface area (Å²) < 4.78 is 2.99. The first-order valence-corrected chi connectivity index (χ1v) is 9.57. The number of para-hydroxylation sites is 1. The molecule has 31 heavy (non-hydrogen) atoms. The standard InChI is InChI=1S/C22H17N7O2/c1-14-12-18(24-20(30)15-8-4-2-5-9-15)29(27-14)22-25-19-17(21(31)26-22)13-23-28(19)16-10-6-3-7-11-16/h2-13H,1H3,(H,24,30)(H,25,26,31). The predicted molar refractivity (Wildman–Crippen MR) is 116 cm³/mol. The van der Waals surface area contributed by atoms with E-state index in [9.17, 15) is 9.59 Å². The van der Waals surface area contributed by atoms with Gasteiger partial charge in [0.2, 0.25) is 5.95 Å². The van der Waals surface area contributed by atoms with E-state index in [2.05, 4.69) is 25.5 Å². The first-order chi connectivity index (χ1) is 15.1. The maximum absolute atomic E-state index is 12.7. The van der Waals surface area contributed by atoms with E-state index in [1.807, 2.05) is 36.4 Å². The van der Waals surface area contributed by atoms with Crippen LogP contribution in [0.15, 0.2) is 77.7 Å². The highest BCUT2D eigenvalue weighted by Crippen LogP contribution is 2.18. The summed E-state index contributed by atoms with van der Waals surface area (Å²) in [6.07, 6.45) is 1.48. The SMILES string of the molecule is Cc1cc(NC(=O)c2ccccc2)n(-c2nc3c(cnn3-c3ccccc3)c(=O)[nH]2)n1. The van der Waals surface area contributed by atoms with Crippen molar-refractivity contribution in [1.29, 1.82) is 0 Å². The van der Waals surface area contributed by atoms with Crippen molar-refractivity contribution in [3.05, 3.63) is 94.5 Å². The predicted octanol–water partition coefficient (Wildman–Crippen LogP) is 2.86. The minimum absolute atomic E-state index is 0.173. The molecular weight excluding hydrogens is 394 g/mol. The molecule has 0 saturated carbocycles. The van der Waals surface area contributed by atoms with E-state index in [1.54, 1.807) is 41.9 Å². The Kier molecular flexibility index (Phi) is 4.40. The number of nitrogens with one attached hydrogen (secondary N) is 2. The lowest BCUT2D eigenvalue weighted by molar-refractivity contribution is 0.102. The number of rotatable bonds is 4. The number of amides is 1. The van der Waals surface area contributed by atoms with Crippen LogP contribution in [0.25, 0.3) is 22.7 Å². The molecule has 0 fully saturated rings. The Bertz CT molecular complexity index is 1450. The summed E-state index contributed by atoms with van der Waals surface area (Å²) in [4.78, 5) is 32.6. The van der Waals surface area contributed by atoms with E-state index in [1.165, 1.54) is 10.9 Å². The molecule has 0 unspecified atom stereocenters. The number of hydrogen-bond acceptors (Lipinski definition) is 5. The summed E-state index contributed by atoms with van der Waals surface area (Å²) >= 11 is 0. The Morgan fingerprint density at radius 1 is 1.00 bits per heavy atom. The molecule has 9 nitrogen and oxygen atoms in total. The Morgan fingerprint density at radius 3 is 2.45 bits per heavy atom. The zero-order chi connectivity index (χ0) is 21.4. The fourth-order valence-electron chi connectivity index (χ4n) is 3.29. The fourth-order valence-corrected chi connectivity index (χ4v) is 3.29. The van der Waals surface area contributed by atoms with Gasteiger partial charge < -0.3 is 5.32 Å². The van der Waals surface area contributed by atoms with Gasteiger partial charge in [0.15, 0.2) is 5.65 Å². The molecule has 0 aliphatic rings. The van der Waals surface area contributed by atoms with Gasteiger partial charge in [-0.3, -0.25) is 14.6 Å². The van der Waals surface area contributed by atoms with Crippen molar-refractivity contribution in [3.8, 4) is 11.6 Å². The molecule has 0 spiro atoms. The summed E-state index contributed by atoms with van der Waals surface area (Å²) in [6.45, 7) is 1.79. The van der Waals surface area contributed by atoms with Crippen LogP contribution in [-0.2, 0) is 0 Å². The molecule has 152 valence electrons. The third kappa shape index (κ3) is 3.38. The van der Waals surface area contributed by atoms with Gasteiger partial charge in [-0.1, -0.05) is 36.4 Å². The third-order valence-electron chi connectivity index (χ3n) is 4.74. The molecule has 0 aliphatic heterocycles. The van der Waals surface area contributed by atoms with Crippen molar-refractivity contribution in [3.63, 3.8) is 0 Å². The first-order valence-electron chi connectivity index (χ1n) is 9.57. The summed E-state index contributed by atoms with van der Waals surface area (Å²) in [5, 5.41) is 11.9. The number of benzene rings is 2. The van der Waals surface area contributed by atoms with Crippen LogP contribution in [0.4, 0.5) is 5.82 Å². The van der Waals surface area contributed by atoms with Crippen LogP contribution in [0.1, 0.15) is 16.1 Å². The van der Waals surface area contributed by atoms with E-state index >= 15 is 0 Å². The molecule has 3 heterocycles. The second-order valence-corrected chi connectivity index (χ2v) is 6.92. The highest BCUT2D eigenvalue weighted by molar-refractivity contribution is 6.03. The van der Waals surface area contributed by atoms with Crippen LogP contribution in [0, 0.1) is 6.92 Å². The lowest BCUT2D eigenvalue weighted by Crippen LogP contribution is -2.19. The van der Waals surface area contributed by atoms with E-state index in [0.29, 0.717) is 28.1 Å². The molecule has 9 heteroatoms. The van der Waals surface area contributed by atoms with Gasteiger partial charge in [0.05, 0.1) is 17.6 Å². The number of anilines is 1. The molecule has 3 aromatic heterocycles. The topological polar surface area (TPSA) is 110 Å². The molecule has 1 amide bonds. The fraction of sp³-hybridized carbons (Fsp3) is 0.0455. The monoisotopic (exact) mass is 411 g/mol. The molecule has 0 radical (unpaired) electrons. The Labute approximate surface area is 176 Å². The van der Waals surface area contributed by atoms with Crippen molar-refractivity contribution >= 4 is 22.8 Å². The van der Waals surface area contributed by atoms with E-state index in [4.69, 9.17) is 0 Å². The maximum Gasteiger partial charge on any atom is 0.263 e. The van der Waals surface area contributed by atoms with Crippen LogP contribution in [0.3, 0.4) is 0 Å². The number of H-pyrrole nitrogens is 1. The van der Waals surface area contributed by atoms with Crippen LogP contribution in [-0.4, -0.2) is 35.4 Å². The van der Waals surface area contributed by atoms with Crippen molar-refractivity contribution < 1.29 is 4.79 Å². The number of carbonyl (C=O) groups is 1. The number of fused-ring (bicyclic) bond motifs is 1. The quantitative estimate of drug-likeness (QED) is 0.472. The number of carbonyl (C=O) groups excluding carboxylic acids is 1. The zero-order valence-corrected chi connectivity index (χ0v) is 16.5. The number of hydrogen-bond donors (Lipinski definition) is 2. The normalized spacial score (nSPS) is 11.0. The minimum atomic E-state index is -0.351. The third-order valence-corrected chi connectivity index (χ3v) is 4.74. The smallest absolute Gasteiger partial charge is 0.263 e. The van der Waals surface area contributed by atoms with Crippen molar-refractivity contribution in [2.75, 3.05) is 5.32 Å². The average Bonchev–Trinajstić information content (AvgIpc) is 3.38. The van der Waals surface area contributed by atoms with Gasteiger partial charge in [0.25, 0.3) is 11.5 Å². The van der Waals surface area contributed by atoms with Gasteiger partial charge in [0, 0.05) is 11.6 Å². The van der Waals surface area contributed by atoms with Gasteiger partial charge in [-0.2, -0.15) is 19.9 Å². The van der Waals surface area contributed by atoms with E-state index in [-0.39, 0.29) is 17.4 Å². The zero-order valence-electron chi connectivity index (χ0n) is 16.5. The highest BCUT2D eigenvalue weighted by Gasteiger charge is 2.17. The molecule has 2 N–H and O–H groups in total. The Morgan fingerprint density at radius 2 is 1.71 bits per heavy atom. The van der Waals surface area contributed by atoms with Crippen LogP contribution >= 0.6 is 0 Å². The molecule has 5 rings (SSSR count). The Hall–Kier alpha value is -4.53. The molecule has 0 aliphatic carbocycles. The van der Waals surface area contributed by atoms with Crippen molar-refractivity contribution in [2.24, 2.45) is 0 Å². The molecule has 0 saturated heterocycles. The van der Waals surface area contributed by atoms with Crippen molar-refractivity contribution in [1.82, 2.24) is 29.5 Å². The highest BCUT2D eigenvalue weighted by atomic mass is 16.2. The molecule has 5 aromatic rings. The van der Waals surface area contributed by atoms with Crippen LogP contribution in [0.5, 0.6) is 0 Å². The van der Waals surface area contributed by atoms with Gasteiger partial charge in [0.1, 0.15) is 11.2 Å². The number of aromatic nitrogens is 6. The summed E-state index contributed by atoms with van der Waals surface area (Å²) in [6, 6.07) is 20.0. The van der Waals surface area contributed by atoms with Crippen molar-refractivity contribution in [2.45, 2.75) is 6.92 Å². The number of aryl methyl sites for hydroxylation is 1. The molecule has 0 atom stereocenters. The lowest BCUT2D eigenvalue weighted by atomic mass is 10.2. The second kappa shape index (κ2) is 7.38. The summed E-state index contributed by atoms with van der Waals surface area (Å²) in [7, 11) is 0.